The SMILES string of the molecule is CCC(C)C(NC(=O)C(CC(N)=O)NC(=O)C(CS)NC(=O)C(N)CCSC)C(=O)O. The molecule has 5 unspecified atom stereocenters. The summed E-state index contributed by atoms with van der Waals surface area (Å²) < 4.78 is 0. The lowest BCUT2D eigenvalue weighted by atomic mass is 9.98. The Morgan fingerprint density at radius 3 is 2.03 bits per heavy atom. The van der Waals surface area contributed by atoms with Crippen molar-refractivity contribution in [2.45, 2.75) is 57.3 Å². The van der Waals surface area contributed by atoms with E-state index in [1.165, 1.54) is 11.8 Å². The van der Waals surface area contributed by atoms with Crippen LogP contribution in [-0.4, -0.2) is 76.6 Å². The molecule has 0 aromatic rings. The van der Waals surface area contributed by atoms with Gasteiger partial charge in [-0.25, -0.2) is 4.79 Å². The van der Waals surface area contributed by atoms with Crippen LogP contribution in [0.4, 0.5) is 0 Å². The Morgan fingerprint density at radius 1 is 1.03 bits per heavy atom. The summed E-state index contributed by atoms with van der Waals surface area (Å²) in [5.74, 6) is -4.15. The van der Waals surface area contributed by atoms with E-state index in [-0.39, 0.29) is 5.75 Å². The first-order chi connectivity index (χ1) is 14.5. The minimum absolute atomic E-state index is 0.0949. The van der Waals surface area contributed by atoms with Crippen molar-refractivity contribution in [1.82, 2.24) is 16.0 Å². The maximum Gasteiger partial charge on any atom is 0.326 e. The molecule has 5 atom stereocenters. The van der Waals surface area contributed by atoms with Gasteiger partial charge in [-0.2, -0.15) is 24.4 Å². The average molecular weight is 480 g/mol. The van der Waals surface area contributed by atoms with Gasteiger partial charge in [0.25, 0.3) is 0 Å². The fourth-order valence-corrected chi connectivity index (χ4v) is 3.22. The van der Waals surface area contributed by atoms with Crippen LogP contribution in [0.25, 0.3) is 0 Å². The van der Waals surface area contributed by atoms with Crippen LogP contribution in [0.1, 0.15) is 33.1 Å². The molecule has 0 aromatic heterocycles. The van der Waals surface area contributed by atoms with Crippen LogP contribution in [0.5, 0.6) is 0 Å². The quantitative estimate of drug-likeness (QED) is 0.137. The molecule has 0 fully saturated rings. The summed E-state index contributed by atoms with van der Waals surface area (Å²) in [5.41, 5.74) is 11.0. The Bertz CT molecular complexity index is 651. The predicted molar refractivity (Wildman–Crippen MR) is 122 cm³/mol. The first-order valence-electron chi connectivity index (χ1n) is 9.75. The van der Waals surface area contributed by atoms with Crippen LogP contribution >= 0.6 is 24.4 Å². The molecule has 0 spiro atoms. The van der Waals surface area contributed by atoms with Gasteiger partial charge >= 0.3 is 5.97 Å². The third kappa shape index (κ3) is 10.7. The lowest BCUT2D eigenvalue weighted by Crippen LogP contribution is -2.58. The summed E-state index contributed by atoms with van der Waals surface area (Å²) in [6.45, 7) is 3.41. The smallest absolute Gasteiger partial charge is 0.326 e. The van der Waals surface area contributed by atoms with Crippen LogP contribution < -0.4 is 27.4 Å². The van der Waals surface area contributed by atoms with Gasteiger partial charge in [-0.3, -0.25) is 19.2 Å². The Labute approximate surface area is 191 Å². The number of primary amides is 1. The number of carboxylic acid groups (broad SMARTS) is 1. The second-order valence-electron chi connectivity index (χ2n) is 7.07. The Kier molecular flexibility index (Phi) is 14.0. The van der Waals surface area contributed by atoms with Gasteiger partial charge in [0, 0.05) is 5.75 Å². The zero-order chi connectivity index (χ0) is 24.1. The highest BCUT2D eigenvalue weighted by atomic mass is 32.2. The molecule has 31 heavy (non-hydrogen) atoms. The number of aliphatic carboxylic acids is 1. The van der Waals surface area contributed by atoms with Gasteiger partial charge in [0.2, 0.25) is 23.6 Å². The van der Waals surface area contributed by atoms with E-state index >= 15 is 0 Å². The molecule has 0 rings (SSSR count). The number of rotatable bonds is 15. The van der Waals surface area contributed by atoms with Gasteiger partial charge in [-0.1, -0.05) is 20.3 Å². The monoisotopic (exact) mass is 479 g/mol. The van der Waals surface area contributed by atoms with Crippen LogP contribution in [-0.2, 0) is 24.0 Å². The fourth-order valence-electron chi connectivity index (χ4n) is 2.47. The highest BCUT2D eigenvalue weighted by Gasteiger charge is 2.32. The zero-order valence-electron chi connectivity index (χ0n) is 17.9. The van der Waals surface area contributed by atoms with Crippen molar-refractivity contribution >= 4 is 54.0 Å². The van der Waals surface area contributed by atoms with Crippen molar-refractivity contribution in [3.8, 4) is 0 Å². The number of nitrogens with two attached hydrogens (primary N) is 2. The van der Waals surface area contributed by atoms with E-state index in [1.807, 2.05) is 6.26 Å². The van der Waals surface area contributed by atoms with Gasteiger partial charge in [0.05, 0.1) is 12.5 Å². The molecule has 11 nitrogen and oxygen atoms in total. The fraction of sp³-hybridized carbons (Fsp3) is 0.722. The third-order valence-electron chi connectivity index (χ3n) is 4.60. The molecule has 0 aromatic carbocycles. The topological polar surface area (TPSA) is 194 Å². The highest BCUT2D eigenvalue weighted by Crippen LogP contribution is 2.09. The predicted octanol–water partition coefficient (Wildman–Crippen LogP) is -1.54. The van der Waals surface area contributed by atoms with Gasteiger partial charge < -0.3 is 32.5 Å². The van der Waals surface area contributed by atoms with E-state index in [9.17, 15) is 29.1 Å². The van der Waals surface area contributed by atoms with E-state index in [2.05, 4.69) is 28.6 Å². The van der Waals surface area contributed by atoms with Crippen molar-refractivity contribution in [3.63, 3.8) is 0 Å². The number of hydrogen-bond acceptors (Lipinski definition) is 8. The van der Waals surface area contributed by atoms with E-state index < -0.39 is 66.1 Å². The van der Waals surface area contributed by atoms with Gasteiger partial charge in [0.1, 0.15) is 18.1 Å². The standard InChI is InChI=1S/C18H33N5O6S2/c1-4-9(2)14(18(28)29)23-16(26)11(7-13(20)24)21-17(27)12(8-30)22-15(25)10(19)5-6-31-3/h9-12,14,30H,4-8,19H2,1-3H3,(H2,20,24)(H,21,27)(H,22,25)(H,23,26)(H,28,29). The van der Waals surface area contributed by atoms with E-state index in [0.717, 1.165) is 0 Å². The second-order valence-corrected chi connectivity index (χ2v) is 8.42. The second kappa shape index (κ2) is 14.9. The first-order valence-corrected chi connectivity index (χ1v) is 11.8. The normalized spacial score (nSPS) is 15.6. The lowest BCUT2D eigenvalue weighted by molar-refractivity contribution is -0.144. The number of hydrogen-bond donors (Lipinski definition) is 7. The molecule has 13 heteroatoms. The Balaban J connectivity index is 5.28. The van der Waals surface area contributed by atoms with Crippen molar-refractivity contribution in [2.24, 2.45) is 17.4 Å². The molecule has 0 heterocycles. The average Bonchev–Trinajstić information content (AvgIpc) is 2.71. The van der Waals surface area contributed by atoms with Crippen molar-refractivity contribution in [3.05, 3.63) is 0 Å². The summed E-state index contributed by atoms with van der Waals surface area (Å²) in [7, 11) is 0. The Hall–Kier alpha value is -1.99. The Morgan fingerprint density at radius 2 is 1.58 bits per heavy atom. The summed E-state index contributed by atoms with van der Waals surface area (Å²) in [6, 6.07) is -4.57. The highest BCUT2D eigenvalue weighted by molar-refractivity contribution is 7.98. The van der Waals surface area contributed by atoms with Gasteiger partial charge in [-0.05, 0) is 24.3 Å². The van der Waals surface area contributed by atoms with Crippen molar-refractivity contribution in [2.75, 3.05) is 17.8 Å². The lowest BCUT2D eigenvalue weighted by Gasteiger charge is -2.25. The number of carbonyl (C=O) groups excluding carboxylic acids is 4. The van der Waals surface area contributed by atoms with E-state index in [4.69, 9.17) is 11.5 Å². The third-order valence-corrected chi connectivity index (χ3v) is 5.61. The number of carboxylic acids is 1. The largest absolute Gasteiger partial charge is 0.480 e. The molecule has 0 aliphatic carbocycles. The minimum atomic E-state index is -1.42. The number of carbonyl (C=O) groups is 5. The molecule has 4 amide bonds. The summed E-state index contributed by atoms with van der Waals surface area (Å²) >= 11 is 5.57. The summed E-state index contributed by atoms with van der Waals surface area (Å²) in [4.78, 5) is 60.2. The van der Waals surface area contributed by atoms with Crippen LogP contribution in [0, 0.1) is 5.92 Å². The number of nitrogens with one attached hydrogen (secondary N) is 3. The van der Waals surface area contributed by atoms with Crippen LogP contribution in [0.3, 0.4) is 0 Å². The van der Waals surface area contributed by atoms with Crippen LogP contribution in [0.15, 0.2) is 0 Å². The first kappa shape index (κ1) is 29.0. The van der Waals surface area contributed by atoms with Crippen molar-refractivity contribution in [1.29, 1.82) is 0 Å². The van der Waals surface area contributed by atoms with E-state index in [1.54, 1.807) is 13.8 Å². The molecule has 178 valence electrons. The number of amides is 4. The van der Waals surface area contributed by atoms with E-state index in [0.29, 0.717) is 18.6 Å². The molecule has 0 aliphatic heterocycles. The molecular weight excluding hydrogens is 446 g/mol. The molecule has 0 radical (unpaired) electrons. The molecule has 0 aliphatic rings. The van der Waals surface area contributed by atoms with Crippen molar-refractivity contribution < 1.29 is 29.1 Å². The number of thioether (sulfide) groups is 1. The molecular formula is C18H33N5O6S2. The van der Waals surface area contributed by atoms with Gasteiger partial charge in [0.15, 0.2) is 0 Å². The summed E-state index contributed by atoms with van der Waals surface area (Å²) in [6.07, 6.45) is 2.21. The summed E-state index contributed by atoms with van der Waals surface area (Å²) in [5, 5.41) is 16.5. The molecule has 0 bridgehead atoms. The minimum Gasteiger partial charge on any atom is -0.480 e. The molecule has 0 saturated heterocycles. The molecule has 0 saturated carbocycles. The van der Waals surface area contributed by atoms with Gasteiger partial charge in [-0.15, -0.1) is 0 Å². The molecule has 8 N–H and O–H groups in total. The maximum absolute atomic E-state index is 12.6. The zero-order valence-corrected chi connectivity index (χ0v) is 19.6. The number of thiol groups is 1. The maximum atomic E-state index is 12.6. The van der Waals surface area contributed by atoms with Crippen LogP contribution in [0.2, 0.25) is 0 Å².